The first kappa shape index (κ1) is 29.9. The summed E-state index contributed by atoms with van der Waals surface area (Å²) in [7, 11) is 2.80. The van der Waals surface area contributed by atoms with Crippen LogP contribution in [0.25, 0.3) is 22.9 Å². The Kier molecular flexibility index (Phi) is 9.52. The lowest BCUT2D eigenvalue weighted by Gasteiger charge is -2.19. The number of ether oxygens (including phenoxy) is 2. The lowest BCUT2D eigenvalue weighted by Crippen LogP contribution is -2.29. The SMILES string of the molecule is COC(=O)Nc1ccc(-c2cc([C@H](Cc3ccccc3)NC(=O)/C=C/c3cc(Cl)ccc3-n3cnnn3)nnc2OC)cc1. The standard InChI is InChI=1S/C31H27ClN8O4/c1-43-30-25(21-8-12-24(13-9-21)34-31(42)44-2)18-27(36-37-30)26(16-20-6-4-3-5-7-20)35-29(41)15-10-22-17-23(32)11-14-28(22)40-19-33-38-39-40/h3-15,17-19,26H,16H2,1-2H3,(H,34,42)(H,35,41)/b15-10+/t26-/m0/s1. The number of tetrazole rings is 1. The molecule has 1 atom stereocenters. The third-order valence-corrected chi connectivity index (χ3v) is 6.79. The highest BCUT2D eigenvalue weighted by Gasteiger charge is 2.20. The molecule has 2 aromatic heterocycles. The summed E-state index contributed by atoms with van der Waals surface area (Å²) in [6, 6.07) is 23.3. The minimum absolute atomic E-state index is 0.309. The highest BCUT2D eigenvalue weighted by atomic mass is 35.5. The molecule has 0 aliphatic rings. The molecule has 5 aromatic rings. The molecule has 3 aromatic carbocycles. The Morgan fingerprint density at radius 3 is 2.50 bits per heavy atom. The van der Waals surface area contributed by atoms with Crippen LogP contribution in [0.5, 0.6) is 5.88 Å². The Bertz CT molecular complexity index is 1760. The number of hydrogen-bond acceptors (Lipinski definition) is 9. The van der Waals surface area contributed by atoms with E-state index in [9.17, 15) is 9.59 Å². The highest BCUT2D eigenvalue weighted by Crippen LogP contribution is 2.31. The number of benzene rings is 3. The Hall–Kier alpha value is -5.62. The zero-order valence-electron chi connectivity index (χ0n) is 23.7. The molecule has 44 heavy (non-hydrogen) atoms. The molecule has 0 bridgehead atoms. The normalized spacial score (nSPS) is 11.6. The smallest absolute Gasteiger partial charge is 0.411 e. The molecule has 2 heterocycles. The van der Waals surface area contributed by atoms with Gasteiger partial charge in [-0.15, -0.1) is 15.3 Å². The van der Waals surface area contributed by atoms with Crippen molar-refractivity contribution in [3.63, 3.8) is 0 Å². The van der Waals surface area contributed by atoms with Crippen molar-refractivity contribution in [2.75, 3.05) is 19.5 Å². The van der Waals surface area contributed by atoms with Crippen LogP contribution in [0.3, 0.4) is 0 Å². The van der Waals surface area contributed by atoms with Gasteiger partial charge in [0.25, 0.3) is 0 Å². The van der Waals surface area contributed by atoms with Crippen LogP contribution in [0, 0.1) is 0 Å². The summed E-state index contributed by atoms with van der Waals surface area (Å²) in [6.45, 7) is 0. The molecular formula is C31H27ClN8O4. The minimum atomic E-state index is -0.571. The number of carbonyl (C=O) groups is 2. The van der Waals surface area contributed by atoms with E-state index in [2.05, 4.69) is 41.1 Å². The predicted molar refractivity (Wildman–Crippen MR) is 164 cm³/mol. The van der Waals surface area contributed by atoms with E-state index in [0.29, 0.717) is 45.5 Å². The van der Waals surface area contributed by atoms with Gasteiger partial charge in [0.05, 0.1) is 31.6 Å². The summed E-state index contributed by atoms with van der Waals surface area (Å²) < 4.78 is 11.6. The second-order valence-corrected chi connectivity index (χ2v) is 9.86. The molecule has 222 valence electrons. The van der Waals surface area contributed by atoms with E-state index < -0.39 is 12.1 Å². The van der Waals surface area contributed by atoms with Crippen LogP contribution >= 0.6 is 11.6 Å². The van der Waals surface area contributed by atoms with Crippen molar-refractivity contribution in [2.24, 2.45) is 0 Å². The molecule has 0 aliphatic carbocycles. The van der Waals surface area contributed by atoms with Crippen LogP contribution < -0.4 is 15.4 Å². The fourth-order valence-corrected chi connectivity index (χ4v) is 4.61. The van der Waals surface area contributed by atoms with Crippen LogP contribution in [0.4, 0.5) is 10.5 Å². The Labute approximate surface area is 257 Å². The summed E-state index contributed by atoms with van der Waals surface area (Å²) in [5, 5.41) is 26.2. The van der Waals surface area contributed by atoms with Crippen LogP contribution in [0.15, 0.2) is 91.3 Å². The summed E-state index contributed by atoms with van der Waals surface area (Å²) in [5.74, 6) is -0.0471. The number of methoxy groups -OCH3 is 2. The van der Waals surface area contributed by atoms with Gasteiger partial charge in [0, 0.05) is 27.9 Å². The monoisotopic (exact) mass is 610 g/mol. The van der Waals surface area contributed by atoms with Crippen LogP contribution in [0.1, 0.15) is 22.9 Å². The van der Waals surface area contributed by atoms with Crippen LogP contribution in [-0.4, -0.2) is 56.6 Å². The molecule has 0 unspecified atom stereocenters. The molecule has 0 radical (unpaired) electrons. The largest absolute Gasteiger partial charge is 0.479 e. The van der Waals surface area contributed by atoms with Crippen LogP contribution in [-0.2, 0) is 16.0 Å². The number of anilines is 1. The summed E-state index contributed by atoms with van der Waals surface area (Å²) >= 11 is 6.23. The fourth-order valence-electron chi connectivity index (χ4n) is 4.43. The maximum Gasteiger partial charge on any atom is 0.411 e. The van der Waals surface area contributed by atoms with E-state index in [1.54, 1.807) is 36.4 Å². The molecule has 13 heteroatoms. The van der Waals surface area contributed by atoms with Crippen molar-refractivity contribution in [3.05, 3.63) is 113 Å². The van der Waals surface area contributed by atoms with Crippen LogP contribution in [0.2, 0.25) is 5.02 Å². The zero-order valence-corrected chi connectivity index (χ0v) is 24.5. The quantitative estimate of drug-likeness (QED) is 0.207. The molecule has 0 aliphatic heterocycles. The third kappa shape index (κ3) is 7.41. The predicted octanol–water partition coefficient (Wildman–Crippen LogP) is 5.07. The molecule has 12 nitrogen and oxygen atoms in total. The number of halogens is 1. The van der Waals surface area contributed by atoms with Gasteiger partial charge >= 0.3 is 6.09 Å². The van der Waals surface area contributed by atoms with Gasteiger partial charge in [0.2, 0.25) is 11.8 Å². The van der Waals surface area contributed by atoms with E-state index in [0.717, 1.165) is 11.1 Å². The van der Waals surface area contributed by atoms with E-state index in [1.165, 1.54) is 31.3 Å². The summed E-state index contributed by atoms with van der Waals surface area (Å²) in [4.78, 5) is 24.9. The van der Waals surface area contributed by atoms with Crippen molar-refractivity contribution < 1.29 is 19.1 Å². The van der Waals surface area contributed by atoms with Crippen molar-refractivity contribution >= 4 is 35.4 Å². The second kappa shape index (κ2) is 14.0. The summed E-state index contributed by atoms with van der Waals surface area (Å²) in [6.07, 6.45) is 4.41. The Morgan fingerprint density at radius 1 is 1.00 bits per heavy atom. The number of rotatable bonds is 10. The van der Waals surface area contributed by atoms with Gasteiger partial charge in [-0.25, -0.2) is 4.79 Å². The van der Waals surface area contributed by atoms with Gasteiger partial charge in [-0.1, -0.05) is 54.1 Å². The number of amides is 2. The molecule has 0 spiro atoms. The number of hydrogen-bond donors (Lipinski definition) is 2. The molecule has 0 saturated heterocycles. The number of carbonyl (C=O) groups excluding carboxylic acids is 2. The van der Waals surface area contributed by atoms with E-state index in [-0.39, 0.29) is 5.91 Å². The molecule has 2 N–H and O–H groups in total. The van der Waals surface area contributed by atoms with Gasteiger partial charge < -0.3 is 14.8 Å². The average Bonchev–Trinajstić information content (AvgIpc) is 3.59. The van der Waals surface area contributed by atoms with Gasteiger partial charge in [0.1, 0.15) is 6.33 Å². The number of nitrogens with zero attached hydrogens (tertiary/aromatic N) is 6. The maximum atomic E-state index is 13.3. The second-order valence-electron chi connectivity index (χ2n) is 9.43. The fraction of sp³-hybridized carbons (Fsp3) is 0.129. The lowest BCUT2D eigenvalue weighted by atomic mass is 10.00. The number of aromatic nitrogens is 6. The number of nitrogens with one attached hydrogen (secondary N) is 2. The van der Waals surface area contributed by atoms with Crippen molar-refractivity contribution in [3.8, 4) is 22.7 Å². The van der Waals surface area contributed by atoms with E-state index in [4.69, 9.17) is 16.3 Å². The van der Waals surface area contributed by atoms with Gasteiger partial charge in [-0.05, 0) is 70.4 Å². The molecule has 5 rings (SSSR count). The van der Waals surface area contributed by atoms with Gasteiger partial charge in [-0.2, -0.15) is 4.68 Å². The van der Waals surface area contributed by atoms with Crippen molar-refractivity contribution in [1.29, 1.82) is 0 Å². The molecule has 2 amide bonds. The molecule has 0 fully saturated rings. The minimum Gasteiger partial charge on any atom is -0.479 e. The van der Waals surface area contributed by atoms with Gasteiger partial charge in [0.15, 0.2) is 0 Å². The first-order valence-electron chi connectivity index (χ1n) is 13.4. The highest BCUT2D eigenvalue weighted by molar-refractivity contribution is 6.30. The topological polar surface area (TPSA) is 146 Å². The van der Waals surface area contributed by atoms with Crippen molar-refractivity contribution in [2.45, 2.75) is 12.5 Å². The zero-order chi connectivity index (χ0) is 30.9. The van der Waals surface area contributed by atoms with E-state index >= 15 is 0 Å². The van der Waals surface area contributed by atoms with E-state index in [1.807, 2.05) is 48.5 Å². The lowest BCUT2D eigenvalue weighted by molar-refractivity contribution is -0.117. The first-order valence-corrected chi connectivity index (χ1v) is 13.7. The van der Waals surface area contributed by atoms with Gasteiger partial charge in [-0.3, -0.25) is 10.1 Å². The third-order valence-electron chi connectivity index (χ3n) is 6.56. The molecule has 0 saturated carbocycles. The first-order chi connectivity index (χ1) is 21.4. The maximum absolute atomic E-state index is 13.3. The molecular weight excluding hydrogens is 584 g/mol. The Balaban J connectivity index is 1.44. The Morgan fingerprint density at radius 2 is 1.80 bits per heavy atom. The average molecular weight is 611 g/mol. The van der Waals surface area contributed by atoms with Crippen molar-refractivity contribution in [1.82, 2.24) is 35.7 Å². The summed E-state index contributed by atoms with van der Waals surface area (Å²) in [5.41, 5.74) is 4.82.